The lowest BCUT2D eigenvalue weighted by Crippen LogP contribution is -2.11. The largest absolute Gasteiger partial charge is 0.493 e. The minimum absolute atomic E-state index is 0.535. The maximum atomic E-state index is 5.51. The molecule has 0 radical (unpaired) electrons. The van der Waals surface area contributed by atoms with Crippen LogP contribution in [0.4, 0.5) is 0 Å². The zero-order valence-corrected chi connectivity index (χ0v) is 16.6. The molecule has 2 heterocycles. The van der Waals surface area contributed by atoms with Crippen LogP contribution in [0.15, 0.2) is 45.1 Å². The molecule has 0 spiro atoms. The average molecular weight is 390 g/mol. The fourth-order valence-electron chi connectivity index (χ4n) is 2.50. The molecule has 8 heteroatoms. The van der Waals surface area contributed by atoms with Crippen molar-refractivity contribution in [2.45, 2.75) is 0 Å². The normalized spacial score (nSPS) is 11.9. The van der Waals surface area contributed by atoms with Crippen LogP contribution in [0.3, 0.4) is 0 Å². The molecule has 1 aromatic carbocycles. The SMILES string of the molecule is CN=c1scc(-c2cccs2)n1N=Cc1ccc(OC)c(OC)c1OC. The second-order valence-electron chi connectivity index (χ2n) is 5.08. The van der Waals surface area contributed by atoms with E-state index in [1.807, 2.05) is 28.3 Å². The lowest BCUT2D eigenvalue weighted by molar-refractivity contribution is 0.324. The highest BCUT2D eigenvalue weighted by Gasteiger charge is 2.15. The van der Waals surface area contributed by atoms with Crippen LogP contribution in [0.25, 0.3) is 10.6 Å². The van der Waals surface area contributed by atoms with Gasteiger partial charge in [0.1, 0.15) is 0 Å². The predicted molar refractivity (Wildman–Crippen MR) is 106 cm³/mol. The van der Waals surface area contributed by atoms with Gasteiger partial charge in [0.05, 0.1) is 38.1 Å². The number of hydrogen-bond donors (Lipinski definition) is 0. The molecular formula is C18H19N3O3S2. The summed E-state index contributed by atoms with van der Waals surface area (Å²) in [6, 6.07) is 7.79. The quantitative estimate of drug-likeness (QED) is 0.604. The van der Waals surface area contributed by atoms with Gasteiger partial charge in [-0.3, -0.25) is 4.99 Å². The summed E-state index contributed by atoms with van der Waals surface area (Å²) in [7, 11) is 6.52. The number of aromatic nitrogens is 1. The van der Waals surface area contributed by atoms with Gasteiger partial charge in [0.2, 0.25) is 10.6 Å². The first-order valence-electron chi connectivity index (χ1n) is 7.74. The van der Waals surface area contributed by atoms with Crippen molar-refractivity contribution in [1.82, 2.24) is 4.68 Å². The summed E-state index contributed by atoms with van der Waals surface area (Å²) in [5.41, 5.74) is 1.78. The molecule has 6 nitrogen and oxygen atoms in total. The Morgan fingerprint density at radius 3 is 2.42 bits per heavy atom. The van der Waals surface area contributed by atoms with Gasteiger partial charge >= 0.3 is 0 Å². The van der Waals surface area contributed by atoms with Crippen molar-refractivity contribution in [3.05, 3.63) is 45.4 Å². The highest BCUT2D eigenvalue weighted by molar-refractivity contribution is 7.14. The van der Waals surface area contributed by atoms with Crippen molar-refractivity contribution < 1.29 is 14.2 Å². The van der Waals surface area contributed by atoms with Crippen LogP contribution in [0, 0.1) is 0 Å². The van der Waals surface area contributed by atoms with Crippen LogP contribution in [0.5, 0.6) is 17.2 Å². The van der Waals surface area contributed by atoms with E-state index in [2.05, 4.69) is 21.5 Å². The Kier molecular flexibility index (Phi) is 5.75. The number of methoxy groups -OCH3 is 3. The molecular weight excluding hydrogens is 370 g/mol. The van der Waals surface area contributed by atoms with E-state index < -0.39 is 0 Å². The fourth-order valence-corrected chi connectivity index (χ4v) is 4.10. The van der Waals surface area contributed by atoms with Crippen molar-refractivity contribution in [2.24, 2.45) is 10.1 Å². The third kappa shape index (κ3) is 3.38. The molecule has 0 atom stereocenters. The zero-order chi connectivity index (χ0) is 18.5. The first kappa shape index (κ1) is 18.2. The third-order valence-corrected chi connectivity index (χ3v) is 5.50. The Balaban J connectivity index is 2.08. The lowest BCUT2D eigenvalue weighted by Gasteiger charge is -2.13. The monoisotopic (exact) mass is 389 g/mol. The number of benzene rings is 1. The van der Waals surface area contributed by atoms with Gasteiger partial charge in [0.15, 0.2) is 11.5 Å². The summed E-state index contributed by atoms with van der Waals surface area (Å²) >= 11 is 3.21. The zero-order valence-electron chi connectivity index (χ0n) is 14.9. The molecule has 2 aromatic heterocycles. The Hall–Kier alpha value is -2.58. The minimum atomic E-state index is 0.535. The highest BCUT2D eigenvalue weighted by Crippen LogP contribution is 2.39. The van der Waals surface area contributed by atoms with Crippen LogP contribution >= 0.6 is 22.7 Å². The maximum Gasteiger partial charge on any atom is 0.205 e. The third-order valence-electron chi connectivity index (χ3n) is 3.70. The molecule has 0 aliphatic heterocycles. The van der Waals surface area contributed by atoms with Crippen LogP contribution in [0.2, 0.25) is 0 Å². The highest BCUT2D eigenvalue weighted by atomic mass is 32.1. The summed E-state index contributed by atoms with van der Waals surface area (Å²) in [6.45, 7) is 0. The second-order valence-corrected chi connectivity index (χ2v) is 6.87. The second kappa shape index (κ2) is 8.20. The molecule has 0 N–H and O–H groups in total. The minimum Gasteiger partial charge on any atom is -0.493 e. The number of ether oxygens (including phenoxy) is 3. The number of nitrogens with zero attached hydrogens (tertiary/aromatic N) is 3. The van der Waals surface area contributed by atoms with E-state index in [0.717, 1.165) is 20.9 Å². The van der Waals surface area contributed by atoms with Gasteiger partial charge in [0, 0.05) is 18.0 Å². The molecule has 26 heavy (non-hydrogen) atoms. The van der Waals surface area contributed by atoms with E-state index >= 15 is 0 Å². The summed E-state index contributed by atoms with van der Waals surface area (Å²) in [5, 5.41) is 8.74. The van der Waals surface area contributed by atoms with Gasteiger partial charge in [-0.2, -0.15) is 5.10 Å². The van der Waals surface area contributed by atoms with Gasteiger partial charge in [-0.25, -0.2) is 4.68 Å². The van der Waals surface area contributed by atoms with Crippen LogP contribution < -0.4 is 19.0 Å². The van der Waals surface area contributed by atoms with Gasteiger partial charge in [-0.15, -0.1) is 22.7 Å². The standard InChI is InChI=1S/C18H19N3O3S2/c1-19-18-21(13(11-26-18)15-6-5-9-25-15)20-10-12-7-8-14(22-2)17(24-4)16(12)23-3/h5-11H,1-4H3. The summed E-state index contributed by atoms with van der Waals surface area (Å²) < 4.78 is 18.1. The Bertz CT molecular complexity index is 972. The maximum absolute atomic E-state index is 5.51. The molecule has 3 rings (SSSR count). The van der Waals surface area contributed by atoms with Crippen molar-refractivity contribution in [2.75, 3.05) is 28.4 Å². The van der Waals surface area contributed by atoms with Crippen molar-refractivity contribution in [1.29, 1.82) is 0 Å². The Labute approximate surface area is 159 Å². The van der Waals surface area contributed by atoms with Gasteiger partial charge in [-0.1, -0.05) is 6.07 Å². The summed E-state index contributed by atoms with van der Waals surface area (Å²) in [5.74, 6) is 1.71. The van der Waals surface area contributed by atoms with Crippen molar-refractivity contribution in [3.8, 4) is 27.8 Å². The molecule has 0 saturated carbocycles. The number of thiophene rings is 1. The molecule has 0 amide bonds. The predicted octanol–water partition coefficient (Wildman–Crippen LogP) is 3.72. The summed E-state index contributed by atoms with van der Waals surface area (Å²) in [4.78, 5) is 6.25. The first-order valence-corrected chi connectivity index (χ1v) is 9.50. The molecule has 0 saturated heterocycles. The number of rotatable bonds is 6. The average Bonchev–Trinajstić information content (AvgIpc) is 3.34. The Morgan fingerprint density at radius 1 is 1.00 bits per heavy atom. The van der Waals surface area contributed by atoms with E-state index in [1.54, 1.807) is 57.3 Å². The van der Waals surface area contributed by atoms with Gasteiger partial charge in [0.25, 0.3) is 0 Å². The molecule has 0 bridgehead atoms. The molecule has 136 valence electrons. The number of hydrogen-bond acceptors (Lipinski definition) is 7. The molecule has 0 aliphatic carbocycles. The van der Waals surface area contributed by atoms with Crippen molar-refractivity contribution >= 4 is 28.9 Å². The number of thiazole rings is 1. The molecule has 0 aliphatic rings. The van der Waals surface area contributed by atoms with Gasteiger partial charge < -0.3 is 14.2 Å². The Morgan fingerprint density at radius 2 is 1.81 bits per heavy atom. The van der Waals surface area contributed by atoms with Crippen LogP contribution in [0.1, 0.15) is 5.56 Å². The first-order chi connectivity index (χ1) is 12.7. The fraction of sp³-hybridized carbons (Fsp3) is 0.222. The van der Waals surface area contributed by atoms with E-state index in [1.165, 1.54) is 0 Å². The van der Waals surface area contributed by atoms with Crippen LogP contribution in [-0.4, -0.2) is 39.3 Å². The van der Waals surface area contributed by atoms with E-state index in [0.29, 0.717) is 17.2 Å². The molecule has 3 aromatic rings. The topological polar surface area (TPSA) is 57.3 Å². The lowest BCUT2D eigenvalue weighted by atomic mass is 10.2. The van der Waals surface area contributed by atoms with E-state index in [-0.39, 0.29) is 0 Å². The van der Waals surface area contributed by atoms with Crippen molar-refractivity contribution in [3.63, 3.8) is 0 Å². The summed E-state index contributed by atoms with van der Waals surface area (Å²) in [6.07, 6.45) is 1.74. The molecule has 0 fully saturated rings. The van der Waals surface area contributed by atoms with Gasteiger partial charge in [-0.05, 0) is 23.6 Å². The van der Waals surface area contributed by atoms with E-state index in [4.69, 9.17) is 14.2 Å². The molecule has 0 unspecified atom stereocenters. The van der Waals surface area contributed by atoms with Crippen LogP contribution in [-0.2, 0) is 0 Å². The smallest absolute Gasteiger partial charge is 0.205 e. The van der Waals surface area contributed by atoms with E-state index in [9.17, 15) is 0 Å².